The minimum atomic E-state index is -0.743. The molecule has 1 atom stereocenters. The van der Waals surface area contributed by atoms with E-state index in [1.54, 1.807) is 7.05 Å². The third-order valence-corrected chi connectivity index (χ3v) is 1.57. The first-order valence-corrected chi connectivity index (χ1v) is 4.47. The summed E-state index contributed by atoms with van der Waals surface area (Å²) >= 11 is 0. The summed E-state index contributed by atoms with van der Waals surface area (Å²) in [6.45, 7) is 8.01. The van der Waals surface area contributed by atoms with Crippen molar-refractivity contribution in [2.45, 2.75) is 40.2 Å². The van der Waals surface area contributed by atoms with E-state index < -0.39 is 5.97 Å². The molecule has 1 unspecified atom stereocenters. The average molecular weight is 175 g/mol. The van der Waals surface area contributed by atoms with Crippen molar-refractivity contribution in [3.05, 3.63) is 0 Å². The standard InChI is InChI=1S/C7H15NO2.C2H6/c1-5(2)6(8-3)4-7(9)10;1-2/h5-6,8H,4H2,1-3H3,(H,9,10);1-2H3. The molecule has 0 saturated carbocycles. The van der Waals surface area contributed by atoms with E-state index in [2.05, 4.69) is 5.32 Å². The van der Waals surface area contributed by atoms with Crippen LogP contribution in [-0.2, 0) is 4.79 Å². The van der Waals surface area contributed by atoms with E-state index in [9.17, 15) is 4.79 Å². The van der Waals surface area contributed by atoms with E-state index in [0.29, 0.717) is 5.92 Å². The topological polar surface area (TPSA) is 49.3 Å². The van der Waals surface area contributed by atoms with Crippen LogP contribution in [0, 0.1) is 5.92 Å². The van der Waals surface area contributed by atoms with Crippen molar-refractivity contribution in [2.24, 2.45) is 5.92 Å². The molecule has 0 spiro atoms. The molecule has 3 nitrogen and oxygen atoms in total. The van der Waals surface area contributed by atoms with E-state index in [-0.39, 0.29) is 12.5 Å². The van der Waals surface area contributed by atoms with Gasteiger partial charge in [-0.3, -0.25) is 4.79 Å². The van der Waals surface area contributed by atoms with E-state index in [4.69, 9.17) is 5.11 Å². The van der Waals surface area contributed by atoms with Crippen LogP contribution in [0.4, 0.5) is 0 Å². The molecule has 0 heterocycles. The van der Waals surface area contributed by atoms with Gasteiger partial charge in [0.25, 0.3) is 0 Å². The third-order valence-electron chi connectivity index (χ3n) is 1.57. The number of hydrogen-bond donors (Lipinski definition) is 2. The Labute approximate surface area is 75.2 Å². The zero-order chi connectivity index (χ0) is 10.1. The van der Waals surface area contributed by atoms with Crippen molar-refractivity contribution in [2.75, 3.05) is 7.05 Å². The van der Waals surface area contributed by atoms with Gasteiger partial charge >= 0.3 is 5.97 Å². The number of rotatable bonds is 4. The SMILES string of the molecule is CC.CNC(CC(=O)O)C(C)C. The van der Waals surface area contributed by atoms with Crippen molar-refractivity contribution in [1.82, 2.24) is 5.32 Å². The van der Waals surface area contributed by atoms with Gasteiger partial charge in [0.2, 0.25) is 0 Å². The lowest BCUT2D eigenvalue weighted by Gasteiger charge is -2.17. The van der Waals surface area contributed by atoms with Gasteiger partial charge in [0, 0.05) is 6.04 Å². The normalized spacial score (nSPS) is 11.8. The maximum absolute atomic E-state index is 10.2. The predicted molar refractivity (Wildman–Crippen MR) is 51.3 cm³/mol. The second-order valence-corrected chi connectivity index (χ2v) is 2.74. The Morgan fingerprint density at radius 1 is 1.42 bits per heavy atom. The van der Waals surface area contributed by atoms with Gasteiger partial charge in [0.15, 0.2) is 0 Å². The van der Waals surface area contributed by atoms with Crippen molar-refractivity contribution in [3.8, 4) is 0 Å². The molecule has 0 aliphatic carbocycles. The van der Waals surface area contributed by atoms with Crippen molar-refractivity contribution in [3.63, 3.8) is 0 Å². The highest BCUT2D eigenvalue weighted by molar-refractivity contribution is 5.67. The molecule has 0 aromatic carbocycles. The van der Waals surface area contributed by atoms with Gasteiger partial charge in [0.1, 0.15) is 0 Å². The van der Waals surface area contributed by atoms with Gasteiger partial charge in [-0.1, -0.05) is 27.7 Å². The molecule has 0 aliphatic heterocycles. The summed E-state index contributed by atoms with van der Waals surface area (Å²) in [6, 6.07) is 0.0949. The lowest BCUT2D eigenvalue weighted by Crippen LogP contribution is -2.32. The van der Waals surface area contributed by atoms with Crippen LogP contribution in [0.2, 0.25) is 0 Å². The van der Waals surface area contributed by atoms with E-state index in [1.807, 2.05) is 27.7 Å². The third kappa shape index (κ3) is 7.54. The molecule has 0 rings (SSSR count). The highest BCUT2D eigenvalue weighted by Crippen LogP contribution is 2.04. The molecule has 0 aromatic heterocycles. The van der Waals surface area contributed by atoms with Crippen LogP contribution in [0.25, 0.3) is 0 Å². The summed E-state index contributed by atoms with van der Waals surface area (Å²) in [7, 11) is 1.79. The van der Waals surface area contributed by atoms with E-state index in [1.165, 1.54) is 0 Å². The van der Waals surface area contributed by atoms with E-state index >= 15 is 0 Å². The van der Waals surface area contributed by atoms with Crippen molar-refractivity contribution >= 4 is 5.97 Å². The zero-order valence-electron chi connectivity index (χ0n) is 8.72. The maximum Gasteiger partial charge on any atom is 0.304 e. The summed E-state index contributed by atoms with van der Waals surface area (Å²) < 4.78 is 0. The van der Waals surface area contributed by atoms with Crippen LogP contribution in [0.1, 0.15) is 34.1 Å². The van der Waals surface area contributed by atoms with Gasteiger partial charge in [-0.15, -0.1) is 0 Å². The molecule has 2 N–H and O–H groups in total. The minimum Gasteiger partial charge on any atom is -0.481 e. The molecule has 3 heteroatoms. The fraction of sp³-hybridized carbons (Fsp3) is 0.889. The summed E-state index contributed by atoms with van der Waals surface area (Å²) in [4.78, 5) is 10.2. The second-order valence-electron chi connectivity index (χ2n) is 2.74. The smallest absolute Gasteiger partial charge is 0.304 e. The molecule has 74 valence electrons. The first kappa shape index (κ1) is 14.0. The number of carboxylic acid groups (broad SMARTS) is 1. The molecule has 0 aromatic rings. The molecular formula is C9H21NO2. The number of nitrogens with one attached hydrogen (secondary N) is 1. The Morgan fingerprint density at radius 2 is 1.83 bits per heavy atom. The summed E-state index contributed by atoms with van der Waals surface area (Å²) in [5, 5.41) is 11.4. The fourth-order valence-electron chi connectivity index (χ4n) is 0.859. The van der Waals surface area contributed by atoms with Gasteiger partial charge in [-0.2, -0.15) is 0 Å². The highest BCUT2D eigenvalue weighted by Gasteiger charge is 2.13. The Hall–Kier alpha value is -0.570. The Kier molecular flexibility index (Phi) is 9.93. The van der Waals surface area contributed by atoms with Gasteiger partial charge in [-0.05, 0) is 13.0 Å². The van der Waals surface area contributed by atoms with Crippen molar-refractivity contribution in [1.29, 1.82) is 0 Å². The molecule has 0 saturated heterocycles. The number of carbonyl (C=O) groups is 1. The number of hydrogen-bond acceptors (Lipinski definition) is 2. The molecule has 0 bridgehead atoms. The Morgan fingerprint density at radius 3 is 1.92 bits per heavy atom. The molecule has 0 radical (unpaired) electrons. The first-order valence-electron chi connectivity index (χ1n) is 4.47. The maximum atomic E-state index is 10.2. The van der Waals surface area contributed by atoms with E-state index in [0.717, 1.165) is 0 Å². The van der Waals surface area contributed by atoms with Gasteiger partial charge < -0.3 is 10.4 Å². The van der Waals surface area contributed by atoms with Crippen LogP contribution < -0.4 is 5.32 Å². The van der Waals surface area contributed by atoms with Crippen LogP contribution in [0.3, 0.4) is 0 Å². The molecule has 0 fully saturated rings. The monoisotopic (exact) mass is 175 g/mol. The van der Waals surface area contributed by atoms with Gasteiger partial charge in [-0.25, -0.2) is 0 Å². The van der Waals surface area contributed by atoms with Crippen LogP contribution in [0.15, 0.2) is 0 Å². The Bertz CT molecular complexity index is 113. The summed E-state index contributed by atoms with van der Waals surface area (Å²) in [6.07, 6.45) is 0.203. The van der Waals surface area contributed by atoms with Gasteiger partial charge in [0.05, 0.1) is 6.42 Å². The quantitative estimate of drug-likeness (QED) is 0.684. The number of carboxylic acids is 1. The fourth-order valence-corrected chi connectivity index (χ4v) is 0.859. The second kappa shape index (κ2) is 8.53. The highest BCUT2D eigenvalue weighted by atomic mass is 16.4. The number of aliphatic carboxylic acids is 1. The zero-order valence-corrected chi connectivity index (χ0v) is 8.72. The largest absolute Gasteiger partial charge is 0.481 e. The molecule has 0 amide bonds. The van der Waals surface area contributed by atoms with Crippen molar-refractivity contribution < 1.29 is 9.90 Å². The predicted octanol–water partition coefficient (Wildman–Crippen LogP) is 1.73. The minimum absolute atomic E-state index is 0.0949. The molecule has 12 heavy (non-hydrogen) atoms. The van der Waals surface area contributed by atoms with Crippen LogP contribution >= 0.6 is 0 Å². The average Bonchev–Trinajstić information content (AvgIpc) is 2.03. The first-order chi connectivity index (χ1) is 5.57. The van der Waals surface area contributed by atoms with Crippen LogP contribution in [0.5, 0.6) is 0 Å². The van der Waals surface area contributed by atoms with Crippen LogP contribution in [-0.4, -0.2) is 24.2 Å². The lowest BCUT2D eigenvalue weighted by molar-refractivity contribution is -0.137. The Balaban J connectivity index is 0. The lowest BCUT2D eigenvalue weighted by atomic mass is 10.0. The molecule has 0 aliphatic rings. The molecular weight excluding hydrogens is 154 g/mol. The summed E-state index contributed by atoms with van der Waals surface area (Å²) in [5.74, 6) is -0.367. The summed E-state index contributed by atoms with van der Waals surface area (Å²) in [5.41, 5.74) is 0.